The second-order valence-electron chi connectivity index (χ2n) is 8.58. The molecule has 36 heavy (non-hydrogen) atoms. The summed E-state index contributed by atoms with van der Waals surface area (Å²) in [5, 5.41) is 5.17. The van der Waals surface area contributed by atoms with Crippen LogP contribution in [0.25, 0.3) is 22.3 Å². The zero-order valence-electron chi connectivity index (χ0n) is 19.3. The number of halogens is 1. The Morgan fingerprint density at radius 3 is 2.78 bits per heavy atom. The van der Waals surface area contributed by atoms with Crippen molar-refractivity contribution >= 4 is 16.9 Å². The lowest BCUT2D eigenvalue weighted by atomic mass is 10.0. The Kier molecular flexibility index (Phi) is 5.74. The van der Waals surface area contributed by atoms with Crippen LogP contribution in [0.5, 0.6) is 0 Å². The van der Waals surface area contributed by atoms with Crippen LogP contribution in [0.15, 0.2) is 83.9 Å². The zero-order valence-corrected chi connectivity index (χ0v) is 19.3. The van der Waals surface area contributed by atoms with Gasteiger partial charge in [0.2, 0.25) is 0 Å². The van der Waals surface area contributed by atoms with Gasteiger partial charge in [0.05, 0.1) is 42.3 Å². The molecule has 1 fully saturated rings. The van der Waals surface area contributed by atoms with Crippen molar-refractivity contribution in [3.05, 3.63) is 102 Å². The largest absolute Gasteiger partial charge is 0.467 e. The van der Waals surface area contributed by atoms with E-state index in [1.807, 2.05) is 24.3 Å². The first kappa shape index (κ1) is 22.1. The first-order chi connectivity index (χ1) is 17.7. The number of rotatable bonds is 5. The topological polar surface area (TPSA) is 86.3 Å². The predicted molar refractivity (Wildman–Crippen MR) is 130 cm³/mol. The first-order valence-electron chi connectivity index (χ1n) is 11.6. The lowest BCUT2D eigenvalue weighted by Gasteiger charge is -2.33. The molecule has 180 valence electrons. The van der Waals surface area contributed by atoms with Crippen LogP contribution >= 0.6 is 0 Å². The van der Waals surface area contributed by atoms with Gasteiger partial charge in [-0.2, -0.15) is 5.10 Å². The van der Waals surface area contributed by atoms with E-state index in [9.17, 15) is 9.18 Å². The molecule has 1 aliphatic heterocycles. The molecule has 0 saturated carbocycles. The van der Waals surface area contributed by atoms with Crippen LogP contribution in [0.3, 0.4) is 0 Å². The molecule has 5 heterocycles. The van der Waals surface area contributed by atoms with Crippen LogP contribution in [-0.4, -0.2) is 50.3 Å². The van der Waals surface area contributed by atoms with Crippen molar-refractivity contribution in [2.75, 3.05) is 19.7 Å². The summed E-state index contributed by atoms with van der Waals surface area (Å²) >= 11 is 0. The normalized spacial score (nSPS) is 15.9. The van der Waals surface area contributed by atoms with Crippen molar-refractivity contribution < 1.29 is 18.3 Å². The number of morpholine rings is 1. The Morgan fingerprint density at radius 2 is 2.00 bits per heavy atom. The highest BCUT2D eigenvalue weighted by atomic mass is 19.1. The van der Waals surface area contributed by atoms with Gasteiger partial charge in [-0.1, -0.05) is 12.1 Å². The summed E-state index contributed by atoms with van der Waals surface area (Å²) in [6.07, 6.45) is 6.36. The second kappa shape index (κ2) is 9.35. The number of furan rings is 1. The minimum atomic E-state index is -0.333. The van der Waals surface area contributed by atoms with Crippen molar-refractivity contribution in [3.8, 4) is 11.3 Å². The smallest absolute Gasteiger partial charge is 0.254 e. The van der Waals surface area contributed by atoms with Gasteiger partial charge in [-0.25, -0.2) is 14.1 Å². The molecule has 8 nitrogen and oxygen atoms in total. The van der Waals surface area contributed by atoms with Crippen LogP contribution in [0.4, 0.5) is 4.39 Å². The molecule has 6 rings (SSSR count). The predicted octanol–water partition coefficient (Wildman–Crippen LogP) is 4.49. The van der Waals surface area contributed by atoms with Crippen LogP contribution in [0, 0.1) is 5.82 Å². The maximum atomic E-state index is 13.9. The van der Waals surface area contributed by atoms with Crippen molar-refractivity contribution in [3.63, 3.8) is 0 Å². The Labute approximate surface area is 206 Å². The minimum absolute atomic E-state index is 0.138. The number of hydrogen-bond acceptors (Lipinski definition) is 6. The van der Waals surface area contributed by atoms with E-state index in [4.69, 9.17) is 14.1 Å². The van der Waals surface area contributed by atoms with Gasteiger partial charge < -0.3 is 14.1 Å². The fraction of sp³-hybridized carbons (Fsp3) is 0.185. The molecule has 0 spiro atoms. The number of carbonyl (C=O) groups excluding carboxylic acids is 1. The number of benzene rings is 1. The molecule has 4 aromatic heterocycles. The SMILES string of the molecule is O=C(c1cc(-c2cccnc2)nc2c1cnn2Cc1ccco1)N1CCOC(c2ccc(F)cc2)C1. The number of carbonyl (C=O) groups is 1. The summed E-state index contributed by atoms with van der Waals surface area (Å²) in [5.74, 6) is 0.286. The summed E-state index contributed by atoms with van der Waals surface area (Å²) in [5.41, 5.74) is 3.34. The third kappa shape index (κ3) is 4.25. The standard InChI is InChI=1S/C27H22FN5O3/c28-20-7-5-18(6-8-20)25-17-32(10-12-36-25)27(34)22-13-24(19-3-1-9-29-14-19)31-26-23(22)15-30-33(26)16-21-4-2-11-35-21/h1-9,11,13-15,25H,10,12,16-17H2. The summed E-state index contributed by atoms with van der Waals surface area (Å²) in [6.45, 7) is 1.58. The van der Waals surface area contributed by atoms with Crippen molar-refractivity contribution in [1.29, 1.82) is 0 Å². The summed E-state index contributed by atoms with van der Waals surface area (Å²) in [4.78, 5) is 24.7. The molecule has 0 N–H and O–H groups in total. The van der Waals surface area contributed by atoms with Gasteiger partial charge >= 0.3 is 0 Å². The molecule has 1 unspecified atom stereocenters. The van der Waals surface area contributed by atoms with Crippen molar-refractivity contribution in [2.45, 2.75) is 12.6 Å². The molecule has 5 aromatic rings. The summed E-state index contributed by atoms with van der Waals surface area (Å²) in [6, 6.07) is 15.4. The molecule has 1 aromatic carbocycles. The first-order valence-corrected chi connectivity index (χ1v) is 11.6. The van der Waals surface area contributed by atoms with Gasteiger partial charge in [0.25, 0.3) is 5.91 Å². The number of amides is 1. The molecule has 0 radical (unpaired) electrons. The molecule has 1 saturated heterocycles. The van der Waals surface area contributed by atoms with E-state index in [1.54, 1.807) is 52.6 Å². The number of pyridine rings is 2. The van der Waals surface area contributed by atoms with Gasteiger partial charge in [0.15, 0.2) is 5.65 Å². The van der Waals surface area contributed by atoms with Crippen molar-refractivity contribution in [1.82, 2.24) is 24.6 Å². The molecule has 9 heteroatoms. The maximum Gasteiger partial charge on any atom is 0.254 e. The van der Waals surface area contributed by atoms with E-state index in [0.717, 1.165) is 16.9 Å². The van der Waals surface area contributed by atoms with Gasteiger partial charge in [-0.3, -0.25) is 9.78 Å². The van der Waals surface area contributed by atoms with Crippen molar-refractivity contribution in [2.24, 2.45) is 0 Å². The van der Waals surface area contributed by atoms with Gasteiger partial charge in [0.1, 0.15) is 24.2 Å². The molecule has 0 aliphatic carbocycles. The van der Waals surface area contributed by atoms with Gasteiger partial charge in [0, 0.05) is 24.5 Å². The number of ether oxygens (including phenoxy) is 1. The third-order valence-electron chi connectivity index (χ3n) is 6.28. The lowest BCUT2D eigenvalue weighted by Crippen LogP contribution is -2.42. The molecule has 1 atom stereocenters. The van der Waals surface area contributed by atoms with Gasteiger partial charge in [-0.15, -0.1) is 0 Å². The molecule has 0 bridgehead atoms. The quantitative estimate of drug-likeness (QED) is 0.366. The summed E-state index contributed by atoms with van der Waals surface area (Å²) < 4.78 is 26.5. The monoisotopic (exact) mass is 483 g/mol. The lowest BCUT2D eigenvalue weighted by molar-refractivity contribution is -0.0227. The summed E-state index contributed by atoms with van der Waals surface area (Å²) in [7, 11) is 0. The van der Waals surface area contributed by atoms with Crippen LogP contribution in [0.2, 0.25) is 0 Å². The Morgan fingerprint density at radius 1 is 1.11 bits per heavy atom. The third-order valence-corrected chi connectivity index (χ3v) is 6.28. The number of nitrogens with zero attached hydrogens (tertiary/aromatic N) is 5. The maximum absolute atomic E-state index is 13.9. The number of hydrogen-bond donors (Lipinski definition) is 0. The fourth-order valence-electron chi connectivity index (χ4n) is 4.44. The average molecular weight is 484 g/mol. The van der Waals surface area contributed by atoms with Crippen LogP contribution < -0.4 is 0 Å². The van der Waals surface area contributed by atoms with E-state index >= 15 is 0 Å². The van der Waals surface area contributed by atoms with E-state index in [-0.39, 0.29) is 17.8 Å². The van der Waals surface area contributed by atoms with E-state index < -0.39 is 0 Å². The Bertz CT molecular complexity index is 1500. The fourth-order valence-corrected chi connectivity index (χ4v) is 4.44. The second-order valence-corrected chi connectivity index (χ2v) is 8.58. The number of fused-ring (bicyclic) bond motifs is 1. The van der Waals surface area contributed by atoms with Crippen LogP contribution in [-0.2, 0) is 11.3 Å². The Balaban J connectivity index is 1.38. The highest BCUT2D eigenvalue weighted by Crippen LogP contribution is 2.28. The van der Waals surface area contributed by atoms with E-state index in [2.05, 4.69) is 10.1 Å². The molecule has 1 aliphatic rings. The van der Waals surface area contributed by atoms with Gasteiger partial charge in [-0.05, 0) is 48.0 Å². The zero-order chi connectivity index (χ0) is 24.5. The average Bonchev–Trinajstić information content (AvgIpc) is 3.59. The molecular formula is C27H22FN5O3. The molecular weight excluding hydrogens is 461 g/mol. The highest BCUT2D eigenvalue weighted by molar-refractivity contribution is 6.06. The minimum Gasteiger partial charge on any atom is -0.467 e. The highest BCUT2D eigenvalue weighted by Gasteiger charge is 2.28. The van der Waals surface area contributed by atoms with E-state index in [1.165, 1.54) is 12.1 Å². The molecule has 1 amide bonds. The number of aromatic nitrogens is 4. The van der Waals surface area contributed by atoms with E-state index in [0.29, 0.717) is 48.5 Å². The van der Waals surface area contributed by atoms with Crippen LogP contribution in [0.1, 0.15) is 27.8 Å². The Hall–Kier alpha value is -4.37.